The lowest BCUT2D eigenvalue weighted by atomic mass is 10.4. The highest BCUT2D eigenvalue weighted by atomic mass is 127. The van der Waals surface area contributed by atoms with Crippen LogP contribution >= 0.6 is 34.2 Å². The lowest BCUT2D eigenvalue weighted by Gasteiger charge is -2.01. The van der Waals surface area contributed by atoms with Crippen molar-refractivity contribution in [3.63, 3.8) is 0 Å². The quantitative estimate of drug-likeness (QED) is 0.691. The van der Waals surface area contributed by atoms with Gasteiger partial charge < -0.3 is 9.72 Å². The summed E-state index contributed by atoms with van der Waals surface area (Å²) < 4.78 is 6.02. The molecule has 80 valence electrons. The van der Waals surface area contributed by atoms with Gasteiger partial charge in [0.05, 0.1) is 10.2 Å². The molecule has 2 heterocycles. The van der Waals surface area contributed by atoms with Crippen LogP contribution in [0.5, 0.6) is 0 Å². The summed E-state index contributed by atoms with van der Waals surface area (Å²) in [5, 5.41) is 0.467. The Morgan fingerprint density at radius 2 is 2.33 bits per heavy atom. The Kier molecular flexibility index (Phi) is 3.42. The number of fused-ring (bicyclic) bond motifs is 1. The van der Waals surface area contributed by atoms with Crippen LogP contribution in [0.4, 0.5) is 0 Å². The molecule has 0 aromatic carbocycles. The predicted molar refractivity (Wildman–Crippen MR) is 67.2 cm³/mol. The number of methoxy groups -OCH3 is 1. The van der Waals surface area contributed by atoms with Crippen LogP contribution in [0.2, 0.25) is 5.15 Å². The van der Waals surface area contributed by atoms with Gasteiger partial charge in [0.15, 0.2) is 5.15 Å². The van der Waals surface area contributed by atoms with E-state index >= 15 is 0 Å². The van der Waals surface area contributed by atoms with Gasteiger partial charge >= 0.3 is 0 Å². The van der Waals surface area contributed by atoms with E-state index in [1.165, 1.54) is 0 Å². The third-order valence-electron chi connectivity index (χ3n) is 2.01. The van der Waals surface area contributed by atoms with E-state index in [2.05, 4.69) is 37.5 Å². The van der Waals surface area contributed by atoms with Crippen molar-refractivity contribution in [3.05, 3.63) is 20.7 Å². The Morgan fingerprint density at radius 1 is 1.53 bits per heavy atom. The number of hydrogen-bond donors (Lipinski definition) is 1. The fraction of sp³-hybridized carbons (Fsp3) is 0.333. The molecule has 0 saturated heterocycles. The number of aromatic nitrogens is 3. The van der Waals surface area contributed by atoms with Crippen molar-refractivity contribution < 1.29 is 4.74 Å². The topological polar surface area (TPSA) is 50.8 Å². The molecule has 0 spiro atoms. The van der Waals surface area contributed by atoms with Crippen LogP contribution in [0.15, 0.2) is 6.20 Å². The molecular formula is C9H9ClIN3O. The molecule has 6 heteroatoms. The molecule has 0 aliphatic carbocycles. The molecule has 1 N–H and O–H groups in total. The van der Waals surface area contributed by atoms with Gasteiger partial charge in [-0.1, -0.05) is 11.6 Å². The van der Waals surface area contributed by atoms with Gasteiger partial charge in [0.25, 0.3) is 0 Å². The second kappa shape index (κ2) is 4.63. The van der Waals surface area contributed by atoms with E-state index < -0.39 is 0 Å². The highest BCUT2D eigenvalue weighted by Gasteiger charge is 2.09. The van der Waals surface area contributed by atoms with E-state index in [0.717, 1.165) is 14.6 Å². The van der Waals surface area contributed by atoms with Gasteiger partial charge in [0.2, 0.25) is 0 Å². The second-order valence-corrected chi connectivity index (χ2v) is 4.55. The van der Waals surface area contributed by atoms with Gasteiger partial charge in [0, 0.05) is 19.7 Å². The summed E-state index contributed by atoms with van der Waals surface area (Å²) in [6.45, 7) is 0.600. The molecule has 2 rings (SSSR count). The van der Waals surface area contributed by atoms with Gasteiger partial charge in [0.1, 0.15) is 16.9 Å². The molecule has 0 atom stereocenters. The summed E-state index contributed by atoms with van der Waals surface area (Å²) >= 11 is 8.24. The van der Waals surface area contributed by atoms with Crippen molar-refractivity contribution in [2.75, 3.05) is 13.7 Å². The van der Waals surface area contributed by atoms with E-state index in [1.807, 2.05) is 6.20 Å². The SMILES string of the molecule is COCCc1nc(Cl)c2[nH]cc(I)c2n1. The van der Waals surface area contributed by atoms with Crippen LogP contribution in [-0.4, -0.2) is 28.7 Å². The molecule has 0 radical (unpaired) electrons. The molecule has 2 aromatic heterocycles. The number of nitrogens with zero attached hydrogens (tertiary/aromatic N) is 2. The van der Waals surface area contributed by atoms with Crippen LogP contribution in [-0.2, 0) is 11.2 Å². The molecule has 0 aliphatic rings. The molecule has 0 unspecified atom stereocenters. The highest BCUT2D eigenvalue weighted by Crippen LogP contribution is 2.23. The Balaban J connectivity index is 2.45. The Labute approximate surface area is 106 Å². The first-order valence-electron chi connectivity index (χ1n) is 4.40. The molecule has 0 aliphatic heterocycles. The van der Waals surface area contributed by atoms with Crippen molar-refractivity contribution in [2.24, 2.45) is 0 Å². The van der Waals surface area contributed by atoms with Gasteiger partial charge in [-0.25, -0.2) is 9.97 Å². The van der Waals surface area contributed by atoms with Crippen molar-refractivity contribution in [3.8, 4) is 0 Å². The Morgan fingerprint density at radius 3 is 3.07 bits per heavy atom. The van der Waals surface area contributed by atoms with Crippen LogP contribution in [0.1, 0.15) is 5.82 Å². The molecular weight excluding hydrogens is 328 g/mol. The zero-order valence-corrected chi connectivity index (χ0v) is 11.0. The molecule has 0 saturated carbocycles. The lowest BCUT2D eigenvalue weighted by molar-refractivity contribution is 0.200. The van der Waals surface area contributed by atoms with E-state index in [0.29, 0.717) is 24.0 Å². The molecule has 15 heavy (non-hydrogen) atoms. The van der Waals surface area contributed by atoms with Gasteiger partial charge in [-0.05, 0) is 22.6 Å². The maximum atomic E-state index is 6.03. The van der Waals surface area contributed by atoms with Crippen LogP contribution in [0.3, 0.4) is 0 Å². The number of rotatable bonds is 3. The van der Waals surface area contributed by atoms with E-state index in [1.54, 1.807) is 7.11 Å². The Bertz CT molecular complexity index is 485. The minimum Gasteiger partial charge on any atom is -0.384 e. The summed E-state index contributed by atoms with van der Waals surface area (Å²) in [5.41, 5.74) is 1.67. The van der Waals surface area contributed by atoms with Crippen LogP contribution in [0, 0.1) is 3.57 Å². The summed E-state index contributed by atoms with van der Waals surface area (Å²) in [7, 11) is 1.65. The number of hydrogen-bond acceptors (Lipinski definition) is 3. The zero-order valence-electron chi connectivity index (χ0n) is 8.05. The first-order chi connectivity index (χ1) is 7.22. The van der Waals surface area contributed by atoms with Crippen molar-refractivity contribution in [1.29, 1.82) is 0 Å². The van der Waals surface area contributed by atoms with Crippen LogP contribution in [0.25, 0.3) is 11.0 Å². The molecule has 4 nitrogen and oxygen atoms in total. The minimum absolute atomic E-state index is 0.467. The molecule has 2 aromatic rings. The normalized spacial score (nSPS) is 11.1. The maximum absolute atomic E-state index is 6.03. The maximum Gasteiger partial charge on any atom is 0.156 e. The third-order valence-corrected chi connectivity index (χ3v) is 3.11. The summed E-state index contributed by atoms with van der Waals surface area (Å²) in [5.74, 6) is 0.715. The average molecular weight is 338 g/mol. The average Bonchev–Trinajstić information content (AvgIpc) is 2.58. The van der Waals surface area contributed by atoms with Crippen LogP contribution < -0.4 is 0 Å². The largest absolute Gasteiger partial charge is 0.384 e. The molecule has 0 fully saturated rings. The monoisotopic (exact) mass is 337 g/mol. The van der Waals surface area contributed by atoms with E-state index in [4.69, 9.17) is 16.3 Å². The highest BCUT2D eigenvalue weighted by molar-refractivity contribution is 14.1. The minimum atomic E-state index is 0.467. The second-order valence-electron chi connectivity index (χ2n) is 3.03. The first-order valence-corrected chi connectivity index (χ1v) is 5.86. The number of halogens is 2. The number of aromatic amines is 1. The standard InChI is InChI=1S/C9H9ClIN3O/c1-15-3-2-6-13-7-5(11)4-12-8(7)9(10)14-6/h4,12H,2-3H2,1H3. The van der Waals surface area contributed by atoms with Gasteiger partial charge in [-0.15, -0.1) is 0 Å². The van der Waals surface area contributed by atoms with Crippen molar-refractivity contribution in [2.45, 2.75) is 6.42 Å². The Hall–Kier alpha value is -0.400. The predicted octanol–water partition coefficient (Wildman–Crippen LogP) is 2.40. The van der Waals surface area contributed by atoms with Gasteiger partial charge in [-0.3, -0.25) is 0 Å². The fourth-order valence-corrected chi connectivity index (χ4v) is 2.07. The zero-order chi connectivity index (χ0) is 10.8. The molecule has 0 amide bonds. The lowest BCUT2D eigenvalue weighted by Crippen LogP contribution is -2.01. The third kappa shape index (κ3) is 2.24. The van der Waals surface area contributed by atoms with Crippen molar-refractivity contribution in [1.82, 2.24) is 15.0 Å². The fourth-order valence-electron chi connectivity index (χ4n) is 1.29. The van der Waals surface area contributed by atoms with E-state index in [-0.39, 0.29) is 0 Å². The number of H-pyrrole nitrogens is 1. The van der Waals surface area contributed by atoms with Gasteiger partial charge in [-0.2, -0.15) is 0 Å². The number of nitrogens with one attached hydrogen (secondary N) is 1. The molecule has 0 bridgehead atoms. The number of ether oxygens (including phenoxy) is 1. The smallest absolute Gasteiger partial charge is 0.156 e. The van der Waals surface area contributed by atoms with Crippen molar-refractivity contribution >= 4 is 45.2 Å². The summed E-state index contributed by atoms with van der Waals surface area (Å²) in [6, 6.07) is 0. The summed E-state index contributed by atoms with van der Waals surface area (Å²) in [6.07, 6.45) is 2.54. The van der Waals surface area contributed by atoms with E-state index in [9.17, 15) is 0 Å². The first kappa shape index (κ1) is 11.1. The summed E-state index contributed by atoms with van der Waals surface area (Å²) in [4.78, 5) is 11.7.